The molecule has 0 N–H and O–H groups in total. The van der Waals surface area contributed by atoms with Gasteiger partial charge in [-0.05, 0) is 24.3 Å². The van der Waals surface area contributed by atoms with Crippen LogP contribution in [0.5, 0.6) is 0 Å². The maximum atomic E-state index is 12.6. The first-order chi connectivity index (χ1) is 11.1. The van der Waals surface area contributed by atoms with Crippen molar-refractivity contribution in [3.8, 4) is 0 Å². The van der Waals surface area contributed by atoms with Gasteiger partial charge in [0.25, 0.3) is 0 Å². The zero-order valence-corrected chi connectivity index (χ0v) is 13.0. The quantitative estimate of drug-likeness (QED) is 0.530. The Labute approximate surface area is 141 Å². The molecule has 2 aromatic carbocycles. The highest BCUT2D eigenvalue weighted by molar-refractivity contribution is 7.99. The molecule has 0 saturated heterocycles. The van der Waals surface area contributed by atoms with Crippen LogP contribution in [0.2, 0.25) is 5.02 Å². The molecule has 0 aliphatic heterocycles. The van der Waals surface area contributed by atoms with Crippen molar-refractivity contribution in [3.05, 3.63) is 67.2 Å². The largest absolute Gasteiger partial charge is 0.416 e. The van der Waals surface area contributed by atoms with Crippen LogP contribution >= 0.6 is 23.4 Å². The first kappa shape index (κ1) is 18.0. The summed E-state index contributed by atoms with van der Waals surface area (Å²) >= 11 is 6.67. The lowest BCUT2D eigenvalue weighted by Gasteiger charge is -2.09. The molecular weight excluding hydrogens is 373 g/mol. The van der Waals surface area contributed by atoms with Crippen LogP contribution in [0.15, 0.2) is 46.2 Å². The van der Waals surface area contributed by atoms with E-state index in [0.29, 0.717) is 0 Å². The molecule has 6 nitrogen and oxygen atoms in total. The van der Waals surface area contributed by atoms with Gasteiger partial charge in [0, 0.05) is 21.9 Å². The van der Waals surface area contributed by atoms with Gasteiger partial charge < -0.3 is 0 Å². The number of nitro groups is 2. The van der Waals surface area contributed by atoms with Crippen molar-refractivity contribution in [1.82, 2.24) is 0 Å². The SMILES string of the molecule is O=[N+]([O-])c1ccc(Sc2ccc(C(F)(F)F)cc2Cl)cc1[N+](=O)[O-]. The van der Waals surface area contributed by atoms with Crippen LogP contribution < -0.4 is 0 Å². The summed E-state index contributed by atoms with van der Waals surface area (Å²) in [5.41, 5.74) is -2.32. The van der Waals surface area contributed by atoms with E-state index in [1.165, 1.54) is 6.07 Å². The fraction of sp³-hybridized carbons (Fsp3) is 0.0769. The van der Waals surface area contributed by atoms with E-state index in [-0.39, 0.29) is 14.8 Å². The average Bonchev–Trinajstić information content (AvgIpc) is 2.47. The van der Waals surface area contributed by atoms with Gasteiger partial charge in [0.2, 0.25) is 0 Å². The fourth-order valence-electron chi connectivity index (χ4n) is 1.75. The van der Waals surface area contributed by atoms with Crippen LogP contribution in [-0.4, -0.2) is 9.85 Å². The lowest BCUT2D eigenvalue weighted by atomic mass is 10.2. The third-order valence-corrected chi connectivity index (χ3v) is 4.32. The lowest BCUT2D eigenvalue weighted by molar-refractivity contribution is -0.422. The van der Waals surface area contributed by atoms with Crippen molar-refractivity contribution in [1.29, 1.82) is 0 Å². The first-order valence-electron chi connectivity index (χ1n) is 6.07. The fourth-order valence-corrected chi connectivity index (χ4v) is 2.90. The second-order valence-electron chi connectivity index (χ2n) is 4.41. The van der Waals surface area contributed by atoms with Crippen LogP contribution in [0, 0.1) is 20.2 Å². The van der Waals surface area contributed by atoms with Gasteiger partial charge in [0.15, 0.2) is 0 Å². The maximum Gasteiger partial charge on any atom is 0.416 e. The third-order valence-electron chi connectivity index (χ3n) is 2.83. The predicted molar refractivity (Wildman–Crippen MR) is 80.3 cm³/mol. The molecule has 2 rings (SSSR count). The van der Waals surface area contributed by atoms with E-state index in [4.69, 9.17) is 11.6 Å². The van der Waals surface area contributed by atoms with Gasteiger partial charge >= 0.3 is 17.6 Å². The van der Waals surface area contributed by atoms with E-state index in [0.717, 1.165) is 42.1 Å². The number of nitrogens with zero attached hydrogens (tertiary/aromatic N) is 2. The minimum absolute atomic E-state index is 0.184. The topological polar surface area (TPSA) is 86.3 Å². The number of hydrogen-bond donors (Lipinski definition) is 0. The molecule has 0 unspecified atom stereocenters. The Kier molecular flexibility index (Phi) is 4.99. The Bertz CT molecular complexity index is 829. The summed E-state index contributed by atoms with van der Waals surface area (Å²) in [4.78, 5) is 20.3. The Morgan fingerprint density at radius 1 is 0.958 bits per heavy atom. The molecule has 0 aliphatic rings. The standard InChI is InChI=1S/C13H6ClF3N2O4S/c14-9-5-7(13(15,16)17)1-4-12(9)24-8-2-3-10(18(20)21)11(6-8)19(22)23/h1-6H. The summed E-state index contributed by atoms with van der Waals surface area (Å²) in [5.74, 6) is 0. The minimum atomic E-state index is -4.54. The second-order valence-corrected chi connectivity index (χ2v) is 5.93. The monoisotopic (exact) mass is 378 g/mol. The van der Waals surface area contributed by atoms with E-state index in [9.17, 15) is 33.4 Å². The van der Waals surface area contributed by atoms with Crippen molar-refractivity contribution in [2.75, 3.05) is 0 Å². The molecule has 0 bridgehead atoms. The van der Waals surface area contributed by atoms with Gasteiger partial charge in [0.05, 0.1) is 20.4 Å². The molecule has 24 heavy (non-hydrogen) atoms. The first-order valence-corrected chi connectivity index (χ1v) is 7.26. The third kappa shape index (κ3) is 3.95. The van der Waals surface area contributed by atoms with Crippen LogP contribution in [-0.2, 0) is 6.18 Å². The predicted octanol–water partition coefficient (Wildman–Crippen LogP) is 5.33. The van der Waals surface area contributed by atoms with Gasteiger partial charge in [0.1, 0.15) is 0 Å². The van der Waals surface area contributed by atoms with E-state index < -0.39 is 33.0 Å². The molecule has 0 amide bonds. The second kappa shape index (κ2) is 6.65. The molecule has 0 aromatic heterocycles. The van der Waals surface area contributed by atoms with E-state index >= 15 is 0 Å². The summed E-state index contributed by atoms with van der Waals surface area (Å²) < 4.78 is 37.8. The van der Waals surface area contributed by atoms with Crippen LogP contribution in [0.25, 0.3) is 0 Å². The molecule has 0 heterocycles. The molecule has 126 valence electrons. The molecule has 2 aromatic rings. The van der Waals surface area contributed by atoms with Gasteiger partial charge in [-0.2, -0.15) is 13.2 Å². The summed E-state index contributed by atoms with van der Waals surface area (Å²) in [6, 6.07) is 5.87. The zero-order valence-electron chi connectivity index (χ0n) is 11.4. The van der Waals surface area contributed by atoms with Crippen molar-refractivity contribution in [3.63, 3.8) is 0 Å². The summed E-state index contributed by atoms with van der Waals surface area (Å²) in [5, 5.41) is 21.5. The highest BCUT2D eigenvalue weighted by atomic mass is 35.5. The Morgan fingerprint density at radius 2 is 1.58 bits per heavy atom. The summed E-state index contributed by atoms with van der Waals surface area (Å²) in [6.07, 6.45) is -4.54. The Balaban J connectivity index is 2.37. The highest BCUT2D eigenvalue weighted by Gasteiger charge is 2.31. The molecule has 11 heteroatoms. The van der Waals surface area contributed by atoms with Gasteiger partial charge in [-0.1, -0.05) is 23.4 Å². The average molecular weight is 379 g/mol. The molecule has 0 aliphatic carbocycles. The van der Waals surface area contributed by atoms with Gasteiger partial charge in [-0.25, -0.2) is 0 Å². The van der Waals surface area contributed by atoms with Gasteiger partial charge in [-0.15, -0.1) is 0 Å². The van der Waals surface area contributed by atoms with Crippen LogP contribution in [0.3, 0.4) is 0 Å². The number of hydrogen-bond acceptors (Lipinski definition) is 5. The number of nitro benzene ring substituents is 2. The van der Waals surface area contributed by atoms with Crippen LogP contribution in [0.4, 0.5) is 24.5 Å². The Hall–Kier alpha value is -2.33. The van der Waals surface area contributed by atoms with Crippen LogP contribution in [0.1, 0.15) is 5.56 Å². The number of rotatable bonds is 4. The molecule has 0 atom stereocenters. The smallest absolute Gasteiger partial charge is 0.258 e. The summed E-state index contributed by atoms with van der Waals surface area (Å²) in [6.45, 7) is 0. The van der Waals surface area contributed by atoms with E-state index in [1.54, 1.807) is 0 Å². The zero-order chi connectivity index (χ0) is 18.1. The van der Waals surface area contributed by atoms with Crippen molar-refractivity contribution in [2.45, 2.75) is 16.0 Å². The van der Waals surface area contributed by atoms with E-state index in [2.05, 4.69) is 0 Å². The van der Waals surface area contributed by atoms with Crippen molar-refractivity contribution >= 4 is 34.7 Å². The molecular formula is C13H6ClF3N2O4S. The Morgan fingerprint density at radius 3 is 2.08 bits per heavy atom. The normalized spacial score (nSPS) is 11.3. The highest BCUT2D eigenvalue weighted by Crippen LogP contribution is 2.40. The number of alkyl halides is 3. The number of halogens is 4. The van der Waals surface area contributed by atoms with Gasteiger partial charge in [-0.3, -0.25) is 20.2 Å². The molecule has 0 spiro atoms. The minimum Gasteiger partial charge on any atom is -0.258 e. The maximum absolute atomic E-state index is 12.6. The molecule has 0 fully saturated rings. The number of benzene rings is 2. The lowest BCUT2D eigenvalue weighted by Crippen LogP contribution is -2.04. The summed E-state index contributed by atoms with van der Waals surface area (Å²) in [7, 11) is 0. The van der Waals surface area contributed by atoms with Crippen molar-refractivity contribution < 1.29 is 23.0 Å². The van der Waals surface area contributed by atoms with Crippen molar-refractivity contribution in [2.24, 2.45) is 0 Å². The molecule has 0 radical (unpaired) electrons. The van der Waals surface area contributed by atoms with E-state index in [1.807, 2.05) is 0 Å². The molecule has 0 saturated carbocycles.